The Kier molecular flexibility index (Phi) is 4.16. The molecule has 0 aliphatic rings. The van der Waals surface area contributed by atoms with Crippen molar-refractivity contribution in [2.45, 2.75) is 39.7 Å². The quantitative estimate of drug-likeness (QED) is 0.643. The molecular weight excluding hydrogens is 260 g/mol. The van der Waals surface area contributed by atoms with Gasteiger partial charge in [-0.05, 0) is 29.2 Å². The molecular formula is C13H18N4O3. The summed E-state index contributed by atoms with van der Waals surface area (Å²) in [5.41, 5.74) is 1.20. The van der Waals surface area contributed by atoms with Gasteiger partial charge in [-0.25, -0.2) is 4.63 Å². The second-order valence-corrected chi connectivity index (χ2v) is 4.86. The van der Waals surface area contributed by atoms with Gasteiger partial charge in [0.25, 0.3) is 0 Å². The fraction of sp³-hybridized carbons (Fsp3) is 0.538. The van der Waals surface area contributed by atoms with Gasteiger partial charge in [0.2, 0.25) is 5.52 Å². The summed E-state index contributed by atoms with van der Waals surface area (Å²) in [5.74, 6) is 0.528. The van der Waals surface area contributed by atoms with Crippen molar-refractivity contribution in [2.24, 2.45) is 5.92 Å². The monoisotopic (exact) mass is 278 g/mol. The zero-order valence-electron chi connectivity index (χ0n) is 11.8. The summed E-state index contributed by atoms with van der Waals surface area (Å²) >= 11 is 0. The van der Waals surface area contributed by atoms with E-state index in [0.29, 0.717) is 17.1 Å². The van der Waals surface area contributed by atoms with E-state index < -0.39 is 4.92 Å². The molecule has 1 unspecified atom stereocenters. The number of anilines is 1. The first-order chi connectivity index (χ1) is 9.58. The molecule has 1 aromatic heterocycles. The summed E-state index contributed by atoms with van der Waals surface area (Å²) in [6.45, 7) is 6.39. The molecule has 108 valence electrons. The summed E-state index contributed by atoms with van der Waals surface area (Å²) in [6, 6.07) is 3.32. The minimum absolute atomic E-state index is 0.0954. The van der Waals surface area contributed by atoms with Crippen molar-refractivity contribution in [2.75, 3.05) is 5.32 Å². The van der Waals surface area contributed by atoms with Gasteiger partial charge in [0.15, 0.2) is 5.52 Å². The predicted octanol–water partition coefficient (Wildman–Crippen LogP) is 3.37. The number of nitro benzene ring substituents is 1. The number of nitrogens with zero attached hydrogens (tertiary/aromatic N) is 3. The number of non-ortho nitro benzene ring substituents is 1. The Morgan fingerprint density at radius 3 is 2.55 bits per heavy atom. The maximum Gasteiger partial charge on any atom is 0.300 e. The van der Waals surface area contributed by atoms with Crippen LogP contribution in [0.15, 0.2) is 16.8 Å². The fourth-order valence-corrected chi connectivity index (χ4v) is 2.48. The highest BCUT2D eigenvalue weighted by atomic mass is 16.6. The van der Waals surface area contributed by atoms with Crippen LogP contribution >= 0.6 is 0 Å². The molecule has 0 spiro atoms. The molecule has 0 fully saturated rings. The van der Waals surface area contributed by atoms with Crippen LogP contribution in [0.3, 0.4) is 0 Å². The van der Waals surface area contributed by atoms with Crippen molar-refractivity contribution in [1.29, 1.82) is 0 Å². The molecule has 0 radical (unpaired) electrons. The second-order valence-electron chi connectivity index (χ2n) is 4.86. The van der Waals surface area contributed by atoms with E-state index in [2.05, 4.69) is 41.0 Å². The lowest BCUT2D eigenvalue weighted by Gasteiger charge is -2.23. The molecule has 0 aliphatic carbocycles. The maximum atomic E-state index is 10.9. The minimum Gasteiger partial charge on any atom is -0.380 e. The number of benzene rings is 1. The van der Waals surface area contributed by atoms with Crippen molar-refractivity contribution in [3.05, 3.63) is 22.2 Å². The van der Waals surface area contributed by atoms with Crippen LogP contribution in [0.5, 0.6) is 0 Å². The first-order valence-electron chi connectivity index (χ1n) is 6.74. The molecule has 2 aromatic rings. The van der Waals surface area contributed by atoms with E-state index in [1.54, 1.807) is 6.07 Å². The van der Waals surface area contributed by atoms with Crippen LogP contribution in [0.1, 0.15) is 33.6 Å². The molecule has 1 heterocycles. The van der Waals surface area contributed by atoms with Crippen molar-refractivity contribution >= 4 is 22.4 Å². The van der Waals surface area contributed by atoms with Gasteiger partial charge in [-0.15, -0.1) is 0 Å². The molecule has 0 bridgehead atoms. The molecule has 1 atom stereocenters. The highest BCUT2D eigenvalue weighted by Crippen LogP contribution is 2.30. The molecule has 0 amide bonds. The van der Waals surface area contributed by atoms with E-state index in [1.165, 1.54) is 6.07 Å². The highest BCUT2D eigenvalue weighted by Gasteiger charge is 2.21. The van der Waals surface area contributed by atoms with Crippen LogP contribution < -0.4 is 5.32 Å². The highest BCUT2D eigenvalue weighted by molar-refractivity contribution is 5.93. The van der Waals surface area contributed by atoms with Gasteiger partial charge in [-0.1, -0.05) is 26.7 Å². The summed E-state index contributed by atoms with van der Waals surface area (Å²) in [7, 11) is 0. The van der Waals surface area contributed by atoms with Gasteiger partial charge >= 0.3 is 5.69 Å². The number of hydrogen-bond acceptors (Lipinski definition) is 6. The third kappa shape index (κ3) is 2.56. The largest absolute Gasteiger partial charge is 0.380 e. The lowest BCUT2D eigenvalue weighted by atomic mass is 9.95. The summed E-state index contributed by atoms with van der Waals surface area (Å²) in [4.78, 5) is 10.4. The Morgan fingerprint density at radius 1 is 1.30 bits per heavy atom. The van der Waals surface area contributed by atoms with Gasteiger partial charge in [-0.2, -0.15) is 0 Å². The van der Waals surface area contributed by atoms with Gasteiger partial charge in [0, 0.05) is 12.1 Å². The molecule has 1 N–H and O–H groups in total. The van der Waals surface area contributed by atoms with E-state index in [9.17, 15) is 10.1 Å². The number of fused-ring (bicyclic) bond motifs is 1. The van der Waals surface area contributed by atoms with E-state index in [1.807, 2.05) is 0 Å². The van der Waals surface area contributed by atoms with E-state index >= 15 is 0 Å². The molecule has 0 saturated heterocycles. The third-order valence-electron chi connectivity index (χ3n) is 3.73. The number of nitro groups is 1. The average molecular weight is 278 g/mol. The SMILES string of the molecule is CCC(CC)C(C)Nc1ccc([N+](=O)[O-])c2nonc12. The summed E-state index contributed by atoms with van der Waals surface area (Å²) in [6.07, 6.45) is 2.13. The molecule has 2 rings (SSSR count). The Morgan fingerprint density at radius 2 is 1.95 bits per heavy atom. The van der Waals surface area contributed by atoms with Crippen molar-refractivity contribution in [3.8, 4) is 0 Å². The number of hydrogen-bond donors (Lipinski definition) is 1. The van der Waals surface area contributed by atoms with Crippen LogP contribution in [0, 0.1) is 16.0 Å². The Balaban J connectivity index is 2.34. The predicted molar refractivity (Wildman–Crippen MR) is 75.6 cm³/mol. The topological polar surface area (TPSA) is 94.1 Å². The van der Waals surface area contributed by atoms with E-state index in [4.69, 9.17) is 0 Å². The lowest BCUT2D eigenvalue weighted by Crippen LogP contribution is -2.25. The molecule has 1 aromatic carbocycles. The summed E-state index contributed by atoms with van der Waals surface area (Å²) < 4.78 is 4.65. The summed E-state index contributed by atoms with van der Waals surface area (Å²) in [5, 5.41) is 21.7. The number of nitrogens with one attached hydrogen (secondary N) is 1. The molecule has 7 heteroatoms. The number of rotatable bonds is 6. The van der Waals surface area contributed by atoms with Crippen LogP contribution in [-0.2, 0) is 0 Å². The zero-order valence-corrected chi connectivity index (χ0v) is 11.8. The molecule has 20 heavy (non-hydrogen) atoms. The average Bonchev–Trinajstić information content (AvgIpc) is 2.89. The Hall–Kier alpha value is -2.18. The van der Waals surface area contributed by atoms with E-state index in [0.717, 1.165) is 12.8 Å². The Labute approximate surface area is 116 Å². The fourth-order valence-electron chi connectivity index (χ4n) is 2.48. The van der Waals surface area contributed by atoms with Crippen LogP contribution in [-0.4, -0.2) is 21.3 Å². The third-order valence-corrected chi connectivity index (χ3v) is 3.73. The maximum absolute atomic E-state index is 10.9. The van der Waals surface area contributed by atoms with Gasteiger partial charge < -0.3 is 5.32 Å². The van der Waals surface area contributed by atoms with E-state index in [-0.39, 0.29) is 17.2 Å². The van der Waals surface area contributed by atoms with Gasteiger partial charge in [0.05, 0.1) is 10.6 Å². The van der Waals surface area contributed by atoms with Gasteiger partial charge in [-0.3, -0.25) is 10.1 Å². The first-order valence-corrected chi connectivity index (χ1v) is 6.74. The van der Waals surface area contributed by atoms with Crippen molar-refractivity contribution in [3.63, 3.8) is 0 Å². The van der Waals surface area contributed by atoms with Crippen LogP contribution in [0.4, 0.5) is 11.4 Å². The molecule has 0 aliphatic heterocycles. The normalized spacial score (nSPS) is 12.8. The lowest BCUT2D eigenvalue weighted by molar-refractivity contribution is -0.383. The van der Waals surface area contributed by atoms with Crippen LogP contribution in [0.25, 0.3) is 11.0 Å². The standard InChI is InChI=1S/C13H18N4O3/c1-4-9(5-2)8(3)14-10-6-7-11(17(18)19)13-12(10)15-20-16-13/h6-9,14H,4-5H2,1-3H3. The number of aromatic nitrogens is 2. The Bertz CT molecular complexity index is 607. The zero-order chi connectivity index (χ0) is 14.7. The first kappa shape index (κ1) is 14.2. The molecule has 7 nitrogen and oxygen atoms in total. The molecule has 0 saturated carbocycles. The van der Waals surface area contributed by atoms with Crippen molar-refractivity contribution in [1.82, 2.24) is 10.3 Å². The van der Waals surface area contributed by atoms with Crippen molar-refractivity contribution < 1.29 is 9.55 Å². The smallest absolute Gasteiger partial charge is 0.300 e. The van der Waals surface area contributed by atoms with Gasteiger partial charge in [0.1, 0.15) is 0 Å². The van der Waals surface area contributed by atoms with Crippen LogP contribution in [0.2, 0.25) is 0 Å². The second kappa shape index (κ2) is 5.85. The minimum atomic E-state index is -0.485.